The van der Waals surface area contributed by atoms with Crippen molar-refractivity contribution < 1.29 is 14.3 Å². The molecular formula is C24H21N3O3. The van der Waals surface area contributed by atoms with Gasteiger partial charge in [0.1, 0.15) is 12.4 Å². The normalized spacial score (nSPS) is 15.5. The largest absolute Gasteiger partial charge is 0.481 e. The van der Waals surface area contributed by atoms with Crippen molar-refractivity contribution in [2.45, 2.75) is 6.42 Å². The van der Waals surface area contributed by atoms with Crippen LogP contribution in [0.15, 0.2) is 66.9 Å². The second-order valence-electron chi connectivity index (χ2n) is 6.96. The maximum absolute atomic E-state index is 12.4. The molecule has 1 aliphatic heterocycles. The molecule has 1 fully saturated rings. The van der Waals surface area contributed by atoms with E-state index in [4.69, 9.17) is 4.74 Å². The standard InChI is InChI=1S/C24H21N3O3/c28-23-15-19(17-27(23)20-8-2-1-3-9-20)24(29)26-12-4-5-14-30-21-11-10-18-7-6-13-25-22(18)16-21/h1-3,6-11,13,16,19H,12,14-15,17H2,(H,26,29). The molecule has 150 valence electrons. The lowest BCUT2D eigenvalue weighted by molar-refractivity contribution is -0.126. The molecule has 1 aromatic heterocycles. The van der Waals surface area contributed by atoms with Gasteiger partial charge in [0.05, 0.1) is 18.0 Å². The predicted octanol–water partition coefficient (Wildman–Crippen LogP) is 2.79. The average molecular weight is 399 g/mol. The zero-order valence-electron chi connectivity index (χ0n) is 16.4. The number of hydrogen-bond donors (Lipinski definition) is 1. The van der Waals surface area contributed by atoms with Gasteiger partial charge in [-0.3, -0.25) is 14.6 Å². The number of anilines is 1. The summed E-state index contributed by atoms with van der Waals surface area (Å²) < 4.78 is 5.62. The Labute approximate surface area is 174 Å². The summed E-state index contributed by atoms with van der Waals surface area (Å²) in [5.74, 6) is 5.91. The van der Waals surface area contributed by atoms with E-state index in [0.717, 1.165) is 16.6 Å². The van der Waals surface area contributed by atoms with Crippen molar-refractivity contribution in [2.24, 2.45) is 5.92 Å². The van der Waals surface area contributed by atoms with E-state index in [1.54, 1.807) is 11.1 Å². The molecule has 6 heteroatoms. The fourth-order valence-corrected chi connectivity index (χ4v) is 3.39. The van der Waals surface area contributed by atoms with Crippen LogP contribution in [0.2, 0.25) is 0 Å². The van der Waals surface area contributed by atoms with Crippen LogP contribution in [0.25, 0.3) is 10.9 Å². The van der Waals surface area contributed by atoms with Crippen LogP contribution < -0.4 is 15.0 Å². The molecule has 0 spiro atoms. The molecule has 1 aliphatic rings. The quantitative estimate of drug-likeness (QED) is 0.670. The van der Waals surface area contributed by atoms with Crippen molar-refractivity contribution >= 4 is 28.4 Å². The van der Waals surface area contributed by atoms with Gasteiger partial charge in [0, 0.05) is 36.3 Å². The van der Waals surface area contributed by atoms with Crippen molar-refractivity contribution in [1.82, 2.24) is 10.3 Å². The Hall–Kier alpha value is -3.85. The molecule has 0 bridgehead atoms. The molecule has 3 aromatic rings. The Kier molecular flexibility index (Phi) is 5.90. The first-order valence-electron chi connectivity index (χ1n) is 9.77. The van der Waals surface area contributed by atoms with E-state index in [9.17, 15) is 9.59 Å². The average Bonchev–Trinajstić information content (AvgIpc) is 3.18. The van der Waals surface area contributed by atoms with E-state index >= 15 is 0 Å². The minimum Gasteiger partial charge on any atom is -0.481 e. The van der Waals surface area contributed by atoms with Crippen molar-refractivity contribution in [3.63, 3.8) is 0 Å². The number of para-hydroxylation sites is 1. The van der Waals surface area contributed by atoms with Gasteiger partial charge in [0.25, 0.3) is 0 Å². The van der Waals surface area contributed by atoms with Crippen LogP contribution in [-0.4, -0.2) is 36.5 Å². The third kappa shape index (κ3) is 4.58. The highest BCUT2D eigenvalue weighted by molar-refractivity contribution is 6.00. The molecule has 1 N–H and O–H groups in total. The van der Waals surface area contributed by atoms with Gasteiger partial charge in [-0.25, -0.2) is 0 Å². The van der Waals surface area contributed by atoms with Crippen LogP contribution in [0.1, 0.15) is 6.42 Å². The molecule has 2 heterocycles. The number of hydrogen-bond acceptors (Lipinski definition) is 4. The van der Waals surface area contributed by atoms with Gasteiger partial charge in [0.2, 0.25) is 11.8 Å². The predicted molar refractivity (Wildman–Crippen MR) is 115 cm³/mol. The molecule has 6 nitrogen and oxygen atoms in total. The molecule has 0 aliphatic carbocycles. The van der Waals surface area contributed by atoms with Gasteiger partial charge >= 0.3 is 0 Å². The molecule has 30 heavy (non-hydrogen) atoms. The van der Waals surface area contributed by atoms with Gasteiger partial charge in [-0.15, -0.1) is 0 Å². The van der Waals surface area contributed by atoms with E-state index in [-0.39, 0.29) is 37.3 Å². The van der Waals surface area contributed by atoms with Crippen molar-refractivity contribution in [1.29, 1.82) is 0 Å². The summed E-state index contributed by atoms with van der Waals surface area (Å²) >= 11 is 0. The summed E-state index contributed by atoms with van der Waals surface area (Å²) in [5, 5.41) is 3.83. The molecule has 2 aromatic carbocycles. The highest BCUT2D eigenvalue weighted by Gasteiger charge is 2.34. The number of carbonyl (C=O) groups excluding carboxylic acids is 2. The van der Waals surface area contributed by atoms with Crippen LogP contribution in [-0.2, 0) is 9.59 Å². The zero-order chi connectivity index (χ0) is 20.8. The molecule has 0 saturated carbocycles. The Morgan fingerprint density at radius 3 is 2.87 bits per heavy atom. The van der Waals surface area contributed by atoms with Crippen molar-refractivity contribution in [3.05, 3.63) is 66.9 Å². The number of ether oxygens (including phenoxy) is 1. The Bertz CT molecular complexity index is 1120. The van der Waals surface area contributed by atoms with Gasteiger partial charge in [-0.1, -0.05) is 36.1 Å². The van der Waals surface area contributed by atoms with E-state index in [1.165, 1.54) is 0 Å². The molecule has 1 atom stereocenters. The fourth-order valence-electron chi connectivity index (χ4n) is 3.39. The van der Waals surface area contributed by atoms with Crippen molar-refractivity contribution in [2.75, 3.05) is 24.6 Å². The minimum absolute atomic E-state index is 0.0364. The van der Waals surface area contributed by atoms with Crippen LogP contribution in [0, 0.1) is 17.8 Å². The minimum atomic E-state index is -0.360. The number of pyridine rings is 1. The molecular weight excluding hydrogens is 378 g/mol. The van der Waals surface area contributed by atoms with Gasteiger partial charge in [0.15, 0.2) is 0 Å². The van der Waals surface area contributed by atoms with Crippen LogP contribution in [0.5, 0.6) is 5.75 Å². The Morgan fingerprint density at radius 1 is 1.13 bits per heavy atom. The summed E-state index contributed by atoms with van der Waals surface area (Å²) in [6.07, 6.45) is 1.96. The van der Waals surface area contributed by atoms with Crippen molar-refractivity contribution in [3.8, 4) is 17.6 Å². The van der Waals surface area contributed by atoms with Crippen LogP contribution >= 0.6 is 0 Å². The van der Waals surface area contributed by atoms with Crippen LogP contribution in [0.4, 0.5) is 5.69 Å². The maximum atomic E-state index is 12.4. The second-order valence-corrected chi connectivity index (χ2v) is 6.96. The second kappa shape index (κ2) is 9.10. The van der Waals surface area contributed by atoms with Crippen LogP contribution in [0.3, 0.4) is 0 Å². The lowest BCUT2D eigenvalue weighted by Crippen LogP contribution is -2.33. The molecule has 0 radical (unpaired) electrons. The lowest BCUT2D eigenvalue weighted by atomic mass is 10.1. The van der Waals surface area contributed by atoms with E-state index in [2.05, 4.69) is 22.1 Å². The van der Waals surface area contributed by atoms with E-state index < -0.39 is 0 Å². The van der Waals surface area contributed by atoms with Gasteiger partial charge < -0.3 is 15.0 Å². The monoisotopic (exact) mass is 399 g/mol. The number of amides is 2. The Morgan fingerprint density at radius 2 is 2.00 bits per heavy atom. The third-order valence-electron chi connectivity index (χ3n) is 4.93. The third-order valence-corrected chi connectivity index (χ3v) is 4.93. The summed E-state index contributed by atoms with van der Waals surface area (Å²) in [7, 11) is 0. The number of nitrogens with zero attached hydrogens (tertiary/aromatic N) is 2. The number of rotatable bonds is 5. The fraction of sp³-hybridized carbons (Fsp3) is 0.208. The number of aromatic nitrogens is 1. The number of nitrogens with one attached hydrogen (secondary N) is 1. The highest BCUT2D eigenvalue weighted by atomic mass is 16.5. The van der Waals surface area contributed by atoms with E-state index in [0.29, 0.717) is 12.3 Å². The summed E-state index contributed by atoms with van der Waals surface area (Å²) in [4.78, 5) is 30.5. The van der Waals surface area contributed by atoms with Gasteiger partial charge in [-0.2, -0.15) is 0 Å². The highest BCUT2D eigenvalue weighted by Crippen LogP contribution is 2.24. The zero-order valence-corrected chi connectivity index (χ0v) is 16.4. The molecule has 2 amide bonds. The first-order chi connectivity index (χ1) is 14.7. The maximum Gasteiger partial charge on any atom is 0.227 e. The topological polar surface area (TPSA) is 71.5 Å². The van der Waals surface area contributed by atoms with E-state index in [1.807, 2.05) is 60.7 Å². The molecule has 4 rings (SSSR count). The lowest BCUT2D eigenvalue weighted by Gasteiger charge is -2.16. The van der Waals surface area contributed by atoms with Gasteiger partial charge in [-0.05, 0) is 30.3 Å². The first kappa shape index (κ1) is 19.5. The molecule has 1 saturated heterocycles. The summed E-state index contributed by atoms with van der Waals surface area (Å²) in [5.41, 5.74) is 1.68. The number of benzene rings is 2. The number of carbonyl (C=O) groups is 2. The SMILES string of the molecule is O=C(NCC#CCOc1ccc2cccnc2c1)C1CC(=O)N(c2ccccc2)C1. The Balaban J connectivity index is 1.22. The molecule has 1 unspecified atom stereocenters. The smallest absolute Gasteiger partial charge is 0.227 e. The number of fused-ring (bicyclic) bond motifs is 1. The first-order valence-corrected chi connectivity index (χ1v) is 9.77. The summed E-state index contributed by atoms with van der Waals surface area (Å²) in [6, 6.07) is 19.0. The summed E-state index contributed by atoms with van der Waals surface area (Å²) in [6.45, 7) is 0.830.